The number of H-pyrrole nitrogens is 1. The molecule has 1 rings (SSSR count). The minimum absolute atomic E-state index is 0.115. The van der Waals surface area contributed by atoms with Crippen LogP contribution in [0.5, 0.6) is 0 Å². The second-order valence-corrected chi connectivity index (χ2v) is 4.90. The summed E-state index contributed by atoms with van der Waals surface area (Å²) in [6.07, 6.45) is 1.80. The molecule has 1 unspecified atom stereocenters. The molecule has 1 atom stereocenters. The van der Waals surface area contributed by atoms with Gasteiger partial charge in [-0.1, -0.05) is 25.4 Å². The van der Waals surface area contributed by atoms with Crippen molar-refractivity contribution in [2.45, 2.75) is 32.7 Å². The SMILES string of the molecule is CC(C)CC(CC(=O)O)NC(=O)c1[nH]ncc1Cl. The Labute approximate surface area is 110 Å². The lowest BCUT2D eigenvalue weighted by molar-refractivity contribution is -0.137. The summed E-state index contributed by atoms with van der Waals surface area (Å²) in [6, 6.07) is -0.422. The van der Waals surface area contributed by atoms with Crippen molar-refractivity contribution in [1.82, 2.24) is 15.5 Å². The maximum Gasteiger partial charge on any atom is 0.305 e. The normalized spacial score (nSPS) is 12.4. The van der Waals surface area contributed by atoms with Crippen LogP contribution in [0.4, 0.5) is 0 Å². The molecule has 7 heteroatoms. The molecule has 0 aliphatic carbocycles. The Balaban J connectivity index is 2.68. The summed E-state index contributed by atoms with van der Waals surface area (Å²) in [7, 11) is 0. The van der Waals surface area contributed by atoms with E-state index >= 15 is 0 Å². The Morgan fingerprint density at radius 2 is 2.22 bits per heavy atom. The van der Waals surface area contributed by atoms with Crippen LogP contribution in [-0.2, 0) is 4.79 Å². The lowest BCUT2D eigenvalue weighted by Gasteiger charge is -2.18. The number of hydrogen-bond acceptors (Lipinski definition) is 3. The van der Waals surface area contributed by atoms with Gasteiger partial charge in [0.1, 0.15) is 5.69 Å². The number of carbonyl (C=O) groups is 2. The molecule has 0 aliphatic rings. The van der Waals surface area contributed by atoms with Crippen molar-refractivity contribution < 1.29 is 14.7 Å². The van der Waals surface area contributed by atoms with Gasteiger partial charge in [0.15, 0.2) is 0 Å². The van der Waals surface area contributed by atoms with Crippen molar-refractivity contribution >= 4 is 23.5 Å². The van der Waals surface area contributed by atoms with Crippen molar-refractivity contribution in [3.05, 3.63) is 16.9 Å². The molecule has 0 bridgehead atoms. The predicted octanol–water partition coefficient (Wildman–Crippen LogP) is 1.68. The standard InChI is InChI=1S/C11H16ClN3O3/c1-6(2)3-7(4-9(16)17)14-11(18)10-8(12)5-13-15-10/h5-7H,3-4H2,1-2H3,(H,13,15)(H,14,18)(H,16,17). The van der Waals surface area contributed by atoms with Gasteiger partial charge in [0.05, 0.1) is 17.6 Å². The zero-order valence-electron chi connectivity index (χ0n) is 10.2. The third kappa shape index (κ3) is 4.37. The van der Waals surface area contributed by atoms with E-state index in [1.54, 1.807) is 0 Å². The molecule has 0 saturated heterocycles. The lowest BCUT2D eigenvalue weighted by atomic mass is 10.0. The fourth-order valence-corrected chi connectivity index (χ4v) is 1.84. The van der Waals surface area contributed by atoms with Crippen LogP contribution in [0.1, 0.15) is 37.2 Å². The van der Waals surface area contributed by atoms with Crippen LogP contribution in [0.25, 0.3) is 0 Å². The minimum atomic E-state index is -0.948. The molecular formula is C11H16ClN3O3. The van der Waals surface area contributed by atoms with Crippen molar-refractivity contribution in [2.75, 3.05) is 0 Å². The number of carboxylic acids is 1. The van der Waals surface area contributed by atoms with Gasteiger partial charge in [-0.15, -0.1) is 0 Å². The van der Waals surface area contributed by atoms with Gasteiger partial charge in [-0.05, 0) is 12.3 Å². The monoisotopic (exact) mass is 273 g/mol. The summed E-state index contributed by atoms with van der Waals surface area (Å²) in [6.45, 7) is 3.92. The highest BCUT2D eigenvalue weighted by molar-refractivity contribution is 6.33. The first-order valence-corrected chi connectivity index (χ1v) is 5.99. The summed E-state index contributed by atoms with van der Waals surface area (Å²) in [5.41, 5.74) is 0.149. The Kier molecular flexibility index (Phi) is 5.15. The van der Waals surface area contributed by atoms with Crippen LogP contribution in [0.15, 0.2) is 6.20 Å². The van der Waals surface area contributed by atoms with Crippen LogP contribution in [0.2, 0.25) is 5.02 Å². The van der Waals surface area contributed by atoms with Crippen molar-refractivity contribution in [1.29, 1.82) is 0 Å². The van der Waals surface area contributed by atoms with E-state index in [4.69, 9.17) is 16.7 Å². The number of aliphatic carboxylic acids is 1. The van der Waals surface area contributed by atoms with E-state index in [-0.39, 0.29) is 23.1 Å². The highest BCUT2D eigenvalue weighted by atomic mass is 35.5. The minimum Gasteiger partial charge on any atom is -0.481 e. The van der Waals surface area contributed by atoms with E-state index in [0.717, 1.165) is 0 Å². The molecule has 0 spiro atoms. The fourth-order valence-electron chi connectivity index (χ4n) is 1.66. The number of halogens is 1. The van der Waals surface area contributed by atoms with Crippen LogP contribution < -0.4 is 5.32 Å². The summed E-state index contributed by atoms with van der Waals surface area (Å²) in [5.74, 6) is -1.10. The zero-order valence-corrected chi connectivity index (χ0v) is 11.0. The average molecular weight is 274 g/mol. The van der Waals surface area contributed by atoms with Crippen molar-refractivity contribution in [3.8, 4) is 0 Å². The summed E-state index contributed by atoms with van der Waals surface area (Å²) in [5, 5.41) is 17.8. The number of carboxylic acid groups (broad SMARTS) is 1. The molecule has 0 saturated carbocycles. The number of aromatic nitrogens is 2. The summed E-state index contributed by atoms with van der Waals surface area (Å²) < 4.78 is 0. The molecule has 0 fully saturated rings. The number of aromatic amines is 1. The highest BCUT2D eigenvalue weighted by Crippen LogP contribution is 2.13. The van der Waals surface area contributed by atoms with E-state index < -0.39 is 17.9 Å². The topological polar surface area (TPSA) is 95.1 Å². The molecule has 1 amide bonds. The number of rotatable bonds is 6. The van der Waals surface area contributed by atoms with Gasteiger partial charge in [-0.2, -0.15) is 5.10 Å². The second-order valence-electron chi connectivity index (χ2n) is 4.49. The average Bonchev–Trinajstić information content (AvgIpc) is 2.61. The maximum atomic E-state index is 11.8. The Bertz CT molecular complexity index is 431. The molecule has 18 heavy (non-hydrogen) atoms. The van der Waals surface area contributed by atoms with Crippen molar-refractivity contribution in [2.24, 2.45) is 5.92 Å². The molecule has 6 nitrogen and oxygen atoms in total. The summed E-state index contributed by atoms with van der Waals surface area (Å²) in [4.78, 5) is 22.6. The van der Waals surface area contributed by atoms with E-state index in [9.17, 15) is 9.59 Å². The third-order valence-electron chi connectivity index (χ3n) is 2.33. The lowest BCUT2D eigenvalue weighted by Crippen LogP contribution is -2.37. The number of nitrogens with one attached hydrogen (secondary N) is 2. The van der Waals surface area contributed by atoms with Gasteiger partial charge in [-0.3, -0.25) is 14.7 Å². The first-order chi connectivity index (χ1) is 8.40. The molecule has 0 aromatic carbocycles. The number of carbonyl (C=O) groups excluding carboxylic acids is 1. The van der Waals surface area contributed by atoms with Gasteiger partial charge in [0, 0.05) is 6.04 Å². The van der Waals surface area contributed by atoms with Crippen molar-refractivity contribution in [3.63, 3.8) is 0 Å². The van der Waals surface area contributed by atoms with Gasteiger partial charge < -0.3 is 10.4 Å². The van der Waals surface area contributed by atoms with Gasteiger partial charge >= 0.3 is 5.97 Å². The number of hydrogen-bond donors (Lipinski definition) is 3. The molecule has 3 N–H and O–H groups in total. The molecular weight excluding hydrogens is 258 g/mol. The number of nitrogens with zero attached hydrogens (tertiary/aromatic N) is 1. The fraction of sp³-hybridized carbons (Fsp3) is 0.545. The smallest absolute Gasteiger partial charge is 0.305 e. The second kappa shape index (κ2) is 6.39. The summed E-state index contributed by atoms with van der Waals surface area (Å²) >= 11 is 5.76. The number of amides is 1. The highest BCUT2D eigenvalue weighted by Gasteiger charge is 2.20. The molecule has 1 aromatic heterocycles. The maximum absolute atomic E-state index is 11.8. The molecule has 1 aromatic rings. The van der Waals surface area contributed by atoms with Gasteiger partial charge in [0.25, 0.3) is 5.91 Å². The van der Waals surface area contributed by atoms with E-state index in [1.807, 2.05) is 13.8 Å². The van der Waals surface area contributed by atoms with Gasteiger partial charge in [0.2, 0.25) is 0 Å². The Morgan fingerprint density at radius 3 is 2.67 bits per heavy atom. The van der Waals surface area contributed by atoms with Crippen LogP contribution >= 0.6 is 11.6 Å². The van der Waals surface area contributed by atoms with E-state index in [2.05, 4.69) is 15.5 Å². The Hall–Kier alpha value is -1.56. The Morgan fingerprint density at radius 1 is 1.56 bits per heavy atom. The zero-order chi connectivity index (χ0) is 13.7. The first-order valence-electron chi connectivity index (χ1n) is 5.61. The quantitative estimate of drug-likeness (QED) is 0.735. The molecule has 0 aliphatic heterocycles. The van der Waals surface area contributed by atoms with Gasteiger partial charge in [-0.25, -0.2) is 0 Å². The first kappa shape index (κ1) is 14.5. The predicted molar refractivity (Wildman–Crippen MR) is 66.6 cm³/mol. The molecule has 0 radical (unpaired) electrons. The van der Waals surface area contributed by atoms with E-state index in [1.165, 1.54) is 6.20 Å². The van der Waals surface area contributed by atoms with E-state index in [0.29, 0.717) is 6.42 Å². The molecule has 100 valence electrons. The van der Waals surface area contributed by atoms with Crippen LogP contribution in [-0.4, -0.2) is 33.2 Å². The third-order valence-corrected chi connectivity index (χ3v) is 2.62. The van der Waals surface area contributed by atoms with Crippen LogP contribution in [0, 0.1) is 5.92 Å². The largest absolute Gasteiger partial charge is 0.481 e. The van der Waals surface area contributed by atoms with Crippen LogP contribution in [0.3, 0.4) is 0 Å². The molecule has 1 heterocycles.